The van der Waals surface area contributed by atoms with E-state index in [2.05, 4.69) is 29.7 Å². The average Bonchev–Trinajstić information content (AvgIpc) is 3.18. The molecule has 134 valence electrons. The molecule has 0 saturated heterocycles. The molecule has 3 heterocycles. The van der Waals surface area contributed by atoms with Gasteiger partial charge in [0.15, 0.2) is 0 Å². The lowest BCUT2D eigenvalue weighted by Gasteiger charge is -2.15. The molecule has 0 N–H and O–H groups in total. The van der Waals surface area contributed by atoms with Crippen LogP contribution in [-0.2, 0) is 11.5 Å². The van der Waals surface area contributed by atoms with Gasteiger partial charge in [0.1, 0.15) is 6.73 Å². The van der Waals surface area contributed by atoms with Crippen molar-refractivity contribution in [3.05, 3.63) is 23.8 Å². The second-order valence-corrected chi connectivity index (χ2v) is 14.1. The standard InChI is InChI=1S/C17H25N5OSSi/c1-21(2)17-19-14-6-8-24-16(14)15(20-17)13-10-18-22(11-13)12-23-7-9-25(3,4)5/h6,8,10-11H,7,9,12H2,1-5H3. The second kappa shape index (κ2) is 7.23. The van der Waals surface area contributed by atoms with Crippen molar-refractivity contribution in [2.75, 3.05) is 25.6 Å². The van der Waals surface area contributed by atoms with Crippen molar-refractivity contribution in [2.45, 2.75) is 32.4 Å². The van der Waals surface area contributed by atoms with Gasteiger partial charge in [0.05, 0.1) is 22.1 Å². The van der Waals surface area contributed by atoms with Gasteiger partial charge in [-0.15, -0.1) is 11.3 Å². The quantitative estimate of drug-likeness (QED) is 0.462. The zero-order valence-corrected chi connectivity index (χ0v) is 17.3. The zero-order chi connectivity index (χ0) is 18.0. The fourth-order valence-corrected chi connectivity index (χ4v) is 3.94. The first kappa shape index (κ1) is 18.0. The Morgan fingerprint density at radius 3 is 2.76 bits per heavy atom. The Labute approximate surface area is 153 Å². The van der Waals surface area contributed by atoms with Gasteiger partial charge in [-0.1, -0.05) is 19.6 Å². The molecule has 3 rings (SSSR count). The molecule has 8 heteroatoms. The van der Waals surface area contributed by atoms with Gasteiger partial charge in [-0.3, -0.25) is 0 Å². The van der Waals surface area contributed by atoms with Crippen molar-refractivity contribution in [1.29, 1.82) is 0 Å². The maximum atomic E-state index is 5.78. The van der Waals surface area contributed by atoms with Crippen LogP contribution in [-0.4, -0.2) is 48.5 Å². The Balaban J connectivity index is 1.78. The maximum absolute atomic E-state index is 5.78. The number of ether oxygens (including phenoxy) is 1. The lowest BCUT2D eigenvalue weighted by atomic mass is 10.2. The minimum absolute atomic E-state index is 0.476. The maximum Gasteiger partial charge on any atom is 0.226 e. The van der Waals surface area contributed by atoms with Gasteiger partial charge in [-0.25, -0.2) is 14.6 Å². The SMILES string of the molecule is CN(C)c1nc(-c2cnn(COCC[Si](C)(C)C)c2)c2sccc2n1. The van der Waals surface area contributed by atoms with E-state index >= 15 is 0 Å². The Kier molecular flexibility index (Phi) is 5.21. The highest BCUT2D eigenvalue weighted by molar-refractivity contribution is 7.17. The molecule has 0 aliphatic heterocycles. The van der Waals surface area contributed by atoms with Crippen molar-refractivity contribution in [1.82, 2.24) is 19.7 Å². The molecule has 3 aromatic rings. The van der Waals surface area contributed by atoms with Crippen LogP contribution in [0.3, 0.4) is 0 Å². The predicted molar refractivity (Wildman–Crippen MR) is 107 cm³/mol. The van der Waals surface area contributed by atoms with E-state index in [1.807, 2.05) is 47.5 Å². The molecule has 0 saturated carbocycles. The van der Waals surface area contributed by atoms with Crippen LogP contribution >= 0.6 is 11.3 Å². The molecular weight excluding hydrogens is 350 g/mol. The third-order valence-corrected chi connectivity index (χ3v) is 6.43. The molecule has 0 fully saturated rings. The van der Waals surface area contributed by atoms with Crippen LogP contribution in [0.2, 0.25) is 25.7 Å². The summed E-state index contributed by atoms with van der Waals surface area (Å²) < 4.78 is 8.69. The van der Waals surface area contributed by atoms with Gasteiger partial charge in [-0.05, 0) is 17.5 Å². The van der Waals surface area contributed by atoms with Crippen LogP contribution in [0.1, 0.15) is 0 Å². The van der Waals surface area contributed by atoms with E-state index in [1.165, 1.54) is 0 Å². The van der Waals surface area contributed by atoms with Crippen molar-refractivity contribution in [2.24, 2.45) is 0 Å². The Morgan fingerprint density at radius 1 is 1.24 bits per heavy atom. The molecule has 0 unspecified atom stereocenters. The average molecular weight is 376 g/mol. The molecular formula is C17H25N5OSSi. The first-order valence-corrected chi connectivity index (χ1v) is 13.0. The summed E-state index contributed by atoms with van der Waals surface area (Å²) in [6.45, 7) is 8.33. The lowest BCUT2D eigenvalue weighted by Crippen LogP contribution is -2.22. The van der Waals surface area contributed by atoms with E-state index in [0.29, 0.717) is 12.7 Å². The third kappa shape index (κ3) is 4.45. The van der Waals surface area contributed by atoms with Crippen molar-refractivity contribution < 1.29 is 4.74 Å². The van der Waals surface area contributed by atoms with Gasteiger partial charge in [0.2, 0.25) is 5.95 Å². The summed E-state index contributed by atoms with van der Waals surface area (Å²) in [4.78, 5) is 11.2. The largest absolute Gasteiger partial charge is 0.360 e. The summed E-state index contributed by atoms with van der Waals surface area (Å²) in [5, 5.41) is 6.47. The summed E-state index contributed by atoms with van der Waals surface area (Å²) in [6.07, 6.45) is 3.85. The number of rotatable bonds is 7. The van der Waals surface area contributed by atoms with E-state index in [9.17, 15) is 0 Å². The van der Waals surface area contributed by atoms with E-state index in [1.54, 1.807) is 11.3 Å². The normalized spacial score (nSPS) is 12.0. The summed E-state index contributed by atoms with van der Waals surface area (Å²) in [5.74, 6) is 0.708. The van der Waals surface area contributed by atoms with Gasteiger partial charge in [0, 0.05) is 40.5 Å². The summed E-state index contributed by atoms with van der Waals surface area (Å²) in [6, 6.07) is 3.19. The van der Waals surface area contributed by atoms with Crippen LogP contribution in [0.4, 0.5) is 5.95 Å². The Hall–Kier alpha value is -1.77. The van der Waals surface area contributed by atoms with Crippen molar-refractivity contribution in [3.8, 4) is 11.3 Å². The second-order valence-electron chi connectivity index (χ2n) is 7.52. The van der Waals surface area contributed by atoms with E-state index in [-0.39, 0.29) is 0 Å². The van der Waals surface area contributed by atoms with Crippen molar-refractivity contribution in [3.63, 3.8) is 0 Å². The highest BCUT2D eigenvalue weighted by atomic mass is 32.1. The topological polar surface area (TPSA) is 56.1 Å². The molecule has 6 nitrogen and oxygen atoms in total. The number of hydrogen-bond donors (Lipinski definition) is 0. The Morgan fingerprint density at radius 2 is 2.04 bits per heavy atom. The fourth-order valence-electron chi connectivity index (χ4n) is 2.34. The molecule has 0 spiro atoms. The molecule has 0 bridgehead atoms. The summed E-state index contributed by atoms with van der Waals surface area (Å²) >= 11 is 1.66. The summed E-state index contributed by atoms with van der Waals surface area (Å²) in [5.41, 5.74) is 2.89. The van der Waals surface area contributed by atoms with E-state index in [4.69, 9.17) is 9.72 Å². The lowest BCUT2D eigenvalue weighted by molar-refractivity contribution is 0.0786. The Bertz CT molecular complexity index is 852. The molecule has 0 aromatic carbocycles. The van der Waals surface area contributed by atoms with Gasteiger partial charge in [0.25, 0.3) is 0 Å². The monoisotopic (exact) mass is 375 g/mol. The number of anilines is 1. The number of aromatic nitrogens is 4. The molecule has 0 aliphatic carbocycles. The van der Waals surface area contributed by atoms with E-state index in [0.717, 1.165) is 34.1 Å². The van der Waals surface area contributed by atoms with E-state index < -0.39 is 8.07 Å². The van der Waals surface area contributed by atoms with Crippen LogP contribution in [0.5, 0.6) is 0 Å². The molecule has 3 aromatic heterocycles. The third-order valence-electron chi connectivity index (χ3n) is 3.82. The van der Waals surface area contributed by atoms with Gasteiger partial charge < -0.3 is 9.64 Å². The molecule has 0 amide bonds. The first-order chi connectivity index (χ1) is 11.8. The summed E-state index contributed by atoms with van der Waals surface area (Å²) in [7, 11) is 2.85. The number of thiophene rings is 1. The minimum atomic E-state index is -1.06. The molecule has 0 aliphatic rings. The zero-order valence-electron chi connectivity index (χ0n) is 15.5. The molecule has 0 radical (unpaired) electrons. The first-order valence-electron chi connectivity index (χ1n) is 8.37. The smallest absolute Gasteiger partial charge is 0.226 e. The predicted octanol–water partition coefficient (Wildman–Crippen LogP) is 3.93. The van der Waals surface area contributed by atoms with Crippen LogP contribution < -0.4 is 4.90 Å². The number of nitrogens with zero attached hydrogens (tertiary/aromatic N) is 5. The minimum Gasteiger partial charge on any atom is -0.360 e. The number of fused-ring (bicyclic) bond motifs is 1. The molecule has 25 heavy (non-hydrogen) atoms. The highest BCUT2D eigenvalue weighted by Crippen LogP contribution is 2.31. The number of hydrogen-bond acceptors (Lipinski definition) is 6. The fraction of sp³-hybridized carbons (Fsp3) is 0.471. The van der Waals surface area contributed by atoms with Crippen molar-refractivity contribution >= 4 is 35.6 Å². The highest BCUT2D eigenvalue weighted by Gasteiger charge is 2.15. The van der Waals surface area contributed by atoms with Crippen LogP contribution in [0.25, 0.3) is 21.5 Å². The van der Waals surface area contributed by atoms with Crippen LogP contribution in [0.15, 0.2) is 23.8 Å². The van der Waals surface area contributed by atoms with Crippen LogP contribution in [0, 0.1) is 0 Å². The van der Waals surface area contributed by atoms with Gasteiger partial charge in [-0.2, -0.15) is 5.10 Å². The van der Waals surface area contributed by atoms with Gasteiger partial charge >= 0.3 is 0 Å². The molecule has 0 atom stereocenters.